The van der Waals surface area contributed by atoms with Gasteiger partial charge in [-0.1, -0.05) is 24.8 Å². The second kappa shape index (κ2) is 16.2. The second-order valence-corrected chi connectivity index (χ2v) is 4.31. The van der Waals surface area contributed by atoms with Crippen molar-refractivity contribution in [3.8, 4) is 0 Å². The number of carbonyl (C=O) groups is 2. The molecule has 23 heavy (non-hydrogen) atoms. The van der Waals surface area contributed by atoms with Crippen molar-refractivity contribution in [1.82, 2.24) is 0 Å². The highest BCUT2D eigenvalue weighted by Gasteiger charge is 2.03. The van der Waals surface area contributed by atoms with Crippen LogP contribution in [-0.4, -0.2) is 57.3 Å². The Morgan fingerprint density at radius 2 is 1.52 bits per heavy atom. The fourth-order valence-electron chi connectivity index (χ4n) is 1.20. The predicted molar refractivity (Wildman–Crippen MR) is 85.2 cm³/mol. The second-order valence-electron chi connectivity index (χ2n) is 4.31. The maximum absolute atomic E-state index is 10.2. The minimum absolute atomic E-state index is 0.0104. The van der Waals surface area contributed by atoms with E-state index >= 15 is 0 Å². The van der Waals surface area contributed by atoms with Gasteiger partial charge < -0.3 is 25.5 Å². The summed E-state index contributed by atoms with van der Waals surface area (Å²) in [5.74, 6) is -1.90. The summed E-state index contributed by atoms with van der Waals surface area (Å²) in [6.07, 6.45) is 2.19. The van der Waals surface area contributed by atoms with Crippen LogP contribution in [0.1, 0.15) is 23.2 Å². The monoisotopic (exact) mass is 328 g/mol. The molecule has 0 heterocycles. The van der Waals surface area contributed by atoms with Gasteiger partial charge in [0.2, 0.25) is 0 Å². The quantitative estimate of drug-likeness (QED) is 0.471. The van der Waals surface area contributed by atoms with Gasteiger partial charge in [0.15, 0.2) is 0 Å². The third kappa shape index (κ3) is 16.0. The number of rotatable bonds is 7. The molecule has 7 heteroatoms. The zero-order valence-corrected chi connectivity index (χ0v) is 12.8. The molecule has 0 aliphatic carbocycles. The molecule has 5 N–H and O–H groups in total. The van der Waals surface area contributed by atoms with E-state index in [-0.39, 0.29) is 25.7 Å². The van der Waals surface area contributed by atoms with Crippen LogP contribution < -0.4 is 0 Å². The normalized spacial score (nSPS) is 9.04. The number of aliphatic hydroxyl groups excluding tert-OH is 3. The maximum Gasteiger partial charge on any atom is 0.335 e. The number of aliphatic hydroxyl groups is 3. The number of hydrogen-bond acceptors (Lipinski definition) is 5. The summed E-state index contributed by atoms with van der Waals surface area (Å²) in [6.45, 7) is 3.12. The van der Waals surface area contributed by atoms with Gasteiger partial charge in [-0.15, -0.1) is 0 Å². The van der Waals surface area contributed by atoms with Crippen molar-refractivity contribution in [3.63, 3.8) is 0 Å². The molecule has 130 valence electrons. The smallest absolute Gasteiger partial charge is 0.335 e. The number of carboxylic acids is 2. The number of hydrogen-bond donors (Lipinski definition) is 5. The van der Waals surface area contributed by atoms with E-state index in [1.807, 2.05) is 0 Å². The molecule has 0 unspecified atom stereocenters. The number of aliphatic carboxylic acids is 1. The third-order valence-electron chi connectivity index (χ3n) is 2.48. The molecule has 0 aliphatic rings. The molecule has 1 aromatic carbocycles. The third-order valence-corrected chi connectivity index (χ3v) is 2.48. The highest BCUT2D eigenvalue weighted by atomic mass is 16.4. The Hall–Kier alpha value is -2.22. The van der Waals surface area contributed by atoms with Crippen molar-refractivity contribution < 1.29 is 35.1 Å². The first kappa shape index (κ1) is 23.1. The predicted octanol–water partition coefficient (Wildman–Crippen LogP) is 1.00. The van der Waals surface area contributed by atoms with Crippen LogP contribution in [0.2, 0.25) is 0 Å². The van der Waals surface area contributed by atoms with Crippen LogP contribution >= 0.6 is 0 Å². The molecule has 0 radical (unpaired) electrons. The summed E-state index contributed by atoms with van der Waals surface area (Å²) in [5, 5.41) is 41.4. The van der Waals surface area contributed by atoms with Crippen LogP contribution in [0.15, 0.2) is 43.0 Å². The Morgan fingerprint density at radius 3 is 1.78 bits per heavy atom. The SMILES string of the molecule is C=CC(=O)O.O=C(O)c1ccccc1.OCCCC(CO)CO. The minimum atomic E-state index is -0.981. The molecule has 1 rings (SSSR count). The lowest BCUT2D eigenvalue weighted by Crippen LogP contribution is -2.11. The van der Waals surface area contributed by atoms with E-state index in [9.17, 15) is 9.59 Å². The van der Waals surface area contributed by atoms with Gasteiger partial charge in [-0.05, 0) is 25.0 Å². The standard InChI is InChI=1S/C7H6O2.C6H14O3.C3H4O2/c8-7(9)6-4-2-1-3-5-6;7-3-1-2-6(4-8)5-9;1-2-3(4)5/h1-5H,(H,8,9);6-9H,1-5H2;2H,1H2,(H,4,5). The first-order valence-corrected chi connectivity index (χ1v) is 6.89. The molecule has 0 spiro atoms. The minimum Gasteiger partial charge on any atom is -0.478 e. The molecule has 0 atom stereocenters. The average molecular weight is 328 g/mol. The van der Waals surface area contributed by atoms with Crippen molar-refractivity contribution in [1.29, 1.82) is 0 Å². The van der Waals surface area contributed by atoms with Crippen molar-refractivity contribution in [3.05, 3.63) is 48.6 Å². The Kier molecular flexibility index (Phi) is 16.2. The van der Waals surface area contributed by atoms with Crippen molar-refractivity contribution >= 4 is 11.9 Å². The van der Waals surface area contributed by atoms with E-state index in [4.69, 9.17) is 25.5 Å². The molecular formula is C16H24O7. The lowest BCUT2D eigenvalue weighted by atomic mass is 10.1. The van der Waals surface area contributed by atoms with Crippen LogP contribution in [-0.2, 0) is 4.79 Å². The van der Waals surface area contributed by atoms with Crippen molar-refractivity contribution in [2.75, 3.05) is 19.8 Å². The molecular weight excluding hydrogens is 304 g/mol. The van der Waals surface area contributed by atoms with Crippen molar-refractivity contribution in [2.45, 2.75) is 12.8 Å². The van der Waals surface area contributed by atoms with Gasteiger partial charge in [0.25, 0.3) is 0 Å². The van der Waals surface area contributed by atoms with Gasteiger partial charge >= 0.3 is 11.9 Å². The molecule has 0 aliphatic heterocycles. The number of carboxylic acid groups (broad SMARTS) is 2. The summed E-state index contributed by atoms with van der Waals surface area (Å²) < 4.78 is 0. The lowest BCUT2D eigenvalue weighted by molar-refractivity contribution is -0.131. The zero-order chi connectivity index (χ0) is 18.1. The highest BCUT2D eigenvalue weighted by molar-refractivity contribution is 5.87. The van der Waals surface area contributed by atoms with E-state index in [0.717, 1.165) is 6.08 Å². The van der Waals surface area contributed by atoms with Crippen LogP contribution in [0.4, 0.5) is 0 Å². The highest BCUT2D eigenvalue weighted by Crippen LogP contribution is 2.02. The summed E-state index contributed by atoms with van der Waals surface area (Å²) >= 11 is 0. The molecule has 0 saturated heterocycles. The Balaban J connectivity index is 0. The van der Waals surface area contributed by atoms with Gasteiger partial charge in [0.05, 0.1) is 5.56 Å². The summed E-state index contributed by atoms with van der Waals surface area (Å²) in [5.41, 5.74) is 0.331. The van der Waals surface area contributed by atoms with Crippen LogP contribution in [0, 0.1) is 5.92 Å². The number of aromatic carboxylic acids is 1. The van der Waals surface area contributed by atoms with E-state index in [1.54, 1.807) is 30.3 Å². The largest absolute Gasteiger partial charge is 0.478 e. The van der Waals surface area contributed by atoms with E-state index < -0.39 is 11.9 Å². The Labute approximate surface area is 135 Å². The molecule has 7 nitrogen and oxygen atoms in total. The van der Waals surface area contributed by atoms with Crippen LogP contribution in [0.25, 0.3) is 0 Å². The first-order chi connectivity index (χ1) is 10.9. The lowest BCUT2D eigenvalue weighted by Gasteiger charge is -2.07. The molecule has 0 amide bonds. The maximum atomic E-state index is 10.2. The molecule has 0 bridgehead atoms. The van der Waals surface area contributed by atoms with Crippen LogP contribution in [0.3, 0.4) is 0 Å². The van der Waals surface area contributed by atoms with Gasteiger partial charge in [-0.3, -0.25) is 0 Å². The van der Waals surface area contributed by atoms with Gasteiger partial charge in [-0.2, -0.15) is 0 Å². The Bertz CT molecular complexity index is 427. The Morgan fingerprint density at radius 1 is 1.04 bits per heavy atom. The summed E-state index contributed by atoms with van der Waals surface area (Å²) in [7, 11) is 0. The summed E-state index contributed by atoms with van der Waals surface area (Å²) in [6, 6.07) is 8.30. The molecule has 0 aromatic heterocycles. The topological polar surface area (TPSA) is 135 Å². The average Bonchev–Trinajstić information content (AvgIpc) is 2.57. The number of benzene rings is 1. The zero-order valence-electron chi connectivity index (χ0n) is 12.8. The van der Waals surface area contributed by atoms with Gasteiger partial charge in [0.1, 0.15) is 0 Å². The van der Waals surface area contributed by atoms with Gasteiger partial charge in [0, 0.05) is 31.8 Å². The van der Waals surface area contributed by atoms with E-state index in [0.29, 0.717) is 18.4 Å². The van der Waals surface area contributed by atoms with Crippen LogP contribution in [0.5, 0.6) is 0 Å². The van der Waals surface area contributed by atoms with E-state index in [1.165, 1.54) is 0 Å². The van der Waals surface area contributed by atoms with Gasteiger partial charge in [-0.25, -0.2) is 9.59 Å². The first-order valence-electron chi connectivity index (χ1n) is 6.89. The molecule has 0 fully saturated rings. The fourth-order valence-corrected chi connectivity index (χ4v) is 1.20. The van der Waals surface area contributed by atoms with E-state index in [2.05, 4.69) is 6.58 Å². The fraction of sp³-hybridized carbons (Fsp3) is 0.375. The summed E-state index contributed by atoms with van der Waals surface area (Å²) in [4.78, 5) is 19.5. The molecule has 1 aromatic rings. The molecule has 0 saturated carbocycles. The van der Waals surface area contributed by atoms with Crippen molar-refractivity contribution in [2.24, 2.45) is 5.92 Å².